The van der Waals surface area contributed by atoms with E-state index in [0.29, 0.717) is 12.4 Å². The van der Waals surface area contributed by atoms with Crippen molar-refractivity contribution in [2.24, 2.45) is 0 Å². The van der Waals surface area contributed by atoms with Gasteiger partial charge in [0.15, 0.2) is 9.84 Å². The number of nitrogen functional groups attached to an aromatic ring is 1. The lowest BCUT2D eigenvalue weighted by molar-refractivity contribution is -0.118. The van der Waals surface area contributed by atoms with Gasteiger partial charge in [-0.3, -0.25) is 4.79 Å². The number of hydrogen-bond acceptors (Lipinski definition) is 5. The molecule has 110 valence electrons. The summed E-state index contributed by atoms with van der Waals surface area (Å²) in [7, 11) is -3.77. The van der Waals surface area contributed by atoms with Crippen LogP contribution in [0.4, 0.5) is 5.69 Å². The normalized spacial score (nSPS) is 14.8. The van der Waals surface area contributed by atoms with Crippen molar-refractivity contribution in [3.05, 3.63) is 18.2 Å². The fourth-order valence-electron chi connectivity index (χ4n) is 1.79. The molecule has 0 heterocycles. The molecule has 2 rings (SSSR count). The number of anilines is 1. The van der Waals surface area contributed by atoms with Gasteiger partial charge in [0.1, 0.15) is 11.5 Å². The lowest BCUT2D eigenvalue weighted by Gasteiger charge is -2.10. The molecule has 1 aliphatic rings. The number of ether oxygens (including phenoxy) is 1. The van der Waals surface area contributed by atoms with E-state index in [-0.39, 0.29) is 16.6 Å². The zero-order valence-corrected chi connectivity index (χ0v) is 12.1. The van der Waals surface area contributed by atoms with Crippen LogP contribution in [0.25, 0.3) is 0 Å². The first-order chi connectivity index (χ1) is 9.42. The van der Waals surface area contributed by atoms with E-state index in [4.69, 9.17) is 10.5 Å². The number of carbonyl (C=O) groups is 1. The Balaban J connectivity index is 2.18. The second kappa shape index (κ2) is 5.70. The number of benzene rings is 1. The van der Waals surface area contributed by atoms with Crippen LogP contribution in [-0.4, -0.2) is 32.7 Å². The molecule has 1 aromatic rings. The molecular formula is C13H18N2O4S. The van der Waals surface area contributed by atoms with E-state index < -0.39 is 21.5 Å². The maximum atomic E-state index is 12.2. The van der Waals surface area contributed by atoms with Crippen LogP contribution in [0.1, 0.15) is 19.8 Å². The SMILES string of the molecule is CCOc1ccc(N)c(S(=O)(=O)CC(=O)NC2CC2)c1. The fourth-order valence-corrected chi connectivity index (χ4v) is 3.09. The fraction of sp³-hybridized carbons (Fsp3) is 0.462. The van der Waals surface area contributed by atoms with Crippen LogP contribution in [0.5, 0.6) is 5.75 Å². The minimum Gasteiger partial charge on any atom is -0.494 e. The summed E-state index contributed by atoms with van der Waals surface area (Å²) in [6.07, 6.45) is 1.82. The molecular weight excluding hydrogens is 280 g/mol. The van der Waals surface area contributed by atoms with E-state index in [1.54, 1.807) is 13.0 Å². The minimum atomic E-state index is -3.77. The van der Waals surface area contributed by atoms with Crippen molar-refractivity contribution in [2.75, 3.05) is 18.1 Å². The molecule has 0 spiro atoms. The summed E-state index contributed by atoms with van der Waals surface area (Å²) in [5.74, 6) is -0.667. The zero-order valence-electron chi connectivity index (χ0n) is 11.3. The first-order valence-electron chi connectivity index (χ1n) is 6.47. The summed E-state index contributed by atoms with van der Waals surface area (Å²) in [5.41, 5.74) is 5.81. The molecule has 20 heavy (non-hydrogen) atoms. The summed E-state index contributed by atoms with van der Waals surface area (Å²) < 4.78 is 29.7. The van der Waals surface area contributed by atoms with Gasteiger partial charge in [-0.25, -0.2) is 8.42 Å². The van der Waals surface area contributed by atoms with E-state index in [1.807, 2.05) is 0 Å². The summed E-state index contributed by atoms with van der Waals surface area (Å²) in [4.78, 5) is 11.6. The molecule has 0 aliphatic heterocycles. The van der Waals surface area contributed by atoms with Crippen molar-refractivity contribution in [1.82, 2.24) is 5.32 Å². The first-order valence-corrected chi connectivity index (χ1v) is 8.12. The number of sulfone groups is 1. The van der Waals surface area contributed by atoms with Crippen molar-refractivity contribution >= 4 is 21.4 Å². The van der Waals surface area contributed by atoms with E-state index in [0.717, 1.165) is 12.8 Å². The van der Waals surface area contributed by atoms with Gasteiger partial charge < -0.3 is 15.8 Å². The highest BCUT2D eigenvalue weighted by atomic mass is 32.2. The molecule has 1 saturated carbocycles. The van der Waals surface area contributed by atoms with Crippen LogP contribution in [0.2, 0.25) is 0 Å². The van der Waals surface area contributed by atoms with Gasteiger partial charge in [-0.1, -0.05) is 0 Å². The van der Waals surface area contributed by atoms with Gasteiger partial charge in [-0.15, -0.1) is 0 Å². The van der Waals surface area contributed by atoms with E-state index in [2.05, 4.69) is 5.32 Å². The van der Waals surface area contributed by atoms with E-state index in [1.165, 1.54) is 12.1 Å². The smallest absolute Gasteiger partial charge is 0.235 e. The highest BCUT2D eigenvalue weighted by Crippen LogP contribution is 2.25. The predicted molar refractivity (Wildman–Crippen MR) is 75.2 cm³/mol. The Morgan fingerprint density at radius 2 is 2.15 bits per heavy atom. The number of carbonyl (C=O) groups excluding carboxylic acids is 1. The van der Waals surface area contributed by atoms with Crippen LogP contribution in [0, 0.1) is 0 Å². The lowest BCUT2D eigenvalue weighted by atomic mass is 10.3. The predicted octanol–water partition coefficient (Wildman–Crippen LogP) is 0.720. The Morgan fingerprint density at radius 1 is 1.45 bits per heavy atom. The quantitative estimate of drug-likeness (QED) is 0.754. The largest absolute Gasteiger partial charge is 0.494 e. The Morgan fingerprint density at radius 3 is 2.75 bits per heavy atom. The average molecular weight is 298 g/mol. The molecule has 1 amide bonds. The number of hydrogen-bond donors (Lipinski definition) is 2. The van der Waals surface area contributed by atoms with Gasteiger partial charge in [0, 0.05) is 12.1 Å². The molecule has 0 bridgehead atoms. The Labute approximate surface area is 118 Å². The summed E-state index contributed by atoms with van der Waals surface area (Å²) >= 11 is 0. The van der Waals surface area contributed by atoms with Gasteiger partial charge in [0.25, 0.3) is 0 Å². The maximum Gasteiger partial charge on any atom is 0.235 e. The maximum absolute atomic E-state index is 12.2. The molecule has 0 unspecified atom stereocenters. The molecule has 1 aliphatic carbocycles. The van der Waals surface area contributed by atoms with Crippen LogP contribution in [0.3, 0.4) is 0 Å². The van der Waals surface area contributed by atoms with Gasteiger partial charge in [0.2, 0.25) is 5.91 Å². The minimum absolute atomic E-state index is 0.0607. The summed E-state index contributed by atoms with van der Waals surface area (Å²) in [6, 6.07) is 4.56. The third kappa shape index (κ3) is 3.63. The standard InChI is InChI=1S/C13H18N2O4S/c1-2-19-10-5-6-11(14)12(7-10)20(17,18)8-13(16)15-9-3-4-9/h5-7,9H,2-4,8,14H2,1H3,(H,15,16). The monoisotopic (exact) mass is 298 g/mol. The van der Waals surface area contributed by atoms with Crippen molar-refractivity contribution in [3.8, 4) is 5.75 Å². The molecule has 6 nitrogen and oxygen atoms in total. The van der Waals surface area contributed by atoms with Crippen LogP contribution >= 0.6 is 0 Å². The molecule has 0 aromatic heterocycles. The third-order valence-corrected chi connectivity index (χ3v) is 4.56. The van der Waals surface area contributed by atoms with Gasteiger partial charge in [-0.2, -0.15) is 0 Å². The second-order valence-corrected chi connectivity index (χ2v) is 6.69. The number of nitrogens with two attached hydrogens (primary N) is 1. The molecule has 0 atom stereocenters. The summed E-state index contributed by atoms with van der Waals surface area (Å²) in [5, 5.41) is 2.65. The molecule has 3 N–H and O–H groups in total. The average Bonchev–Trinajstić information content (AvgIpc) is 3.14. The molecule has 1 fully saturated rings. The number of rotatable bonds is 6. The first kappa shape index (κ1) is 14.6. The number of nitrogens with one attached hydrogen (secondary N) is 1. The molecule has 7 heteroatoms. The van der Waals surface area contributed by atoms with Crippen molar-refractivity contribution < 1.29 is 17.9 Å². The zero-order chi connectivity index (χ0) is 14.8. The van der Waals surface area contributed by atoms with Crippen molar-refractivity contribution in [1.29, 1.82) is 0 Å². The highest BCUT2D eigenvalue weighted by molar-refractivity contribution is 7.92. The van der Waals surface area contributed by atoms with Crippen molar-refractivity contribution in [2.45, 2.75) is 30.7 Å². The Bertz CT molecular complexity index is 609. The van der Waals surface area contributed by atoms with Crippen LogP contribution in [-0.2, 0) is 14.6 Å². The van der Waals surface area contributed by atoms with E-state index in [9.17, 15) is 13.2 Å². The lowest BCUT2D eigenvalue weighted by Crippen LogP contribution is -2.32. The molecule has 0 saturated heterocycles. The topological polar surface area (TPSA) is 98.5 Å². The van der Waals surface area contributed by atoms with Crippen LogP contribution in [0.15, 0.2) is 23.1 Å². The summed E-state index contributed by atoms with van der Waals surface area (Å²) in [6.45, 7) is 2.22. The Hall–Kier alpha value is -1.76. The second-order valence-electron chi connectivity index (χ2n) is 4.73. The Kier molecular flexibility index (Phi) is 4.17. The molecule has 0 radical (unpaired) electrons. The molecule has 1 aromatic carbocycles. The van der Waals surface area contributed by atoms with Crippen LogP contribution < -0.4 is 15.8 Å². The van der Waals surface area contributed by atoms with Gasteiger partial charge in [0.05, 0.1) is 17.2 Å². The van der Waals surface area contributed by atoms with Crippen molar-refractivity contribution in [3.63, 3.8) is 0 Å². The van der Waals surface area contributed by atoms with E-state index >= 15 is 0 Å². The third-order valence-electron chi connectivity index (χ3n) is 2.89. The van der Waals surface area contributed by atoms with Gasteiger partial charge in [-0.05, 0) is 31.9 Å². The number of amides is 1. The van der Waals surface area contributed by atoms with Gasteiger partial charge >= 0.3 is 0 Å². The highest BCUT2D eigenvalue weighted by Gasteiger charge is 2.27.